The lowest BCUT2D eigenvalue weighted by atomic mass is 10.1. The van der Waals surface area contributed by atoms with Crippen LogP contribution in [0.15, 0.2) is 18.2 Å². The van der Waals surface area contributed by atoms with E-state index < -0.39 is 4.92 Å². The van der Waals surface area contributed by atoms with E-state index in [1.807, 2.05) is 13.8 Å². The molecule has 0 bridgehead atoms. The van der Waals surface area contributed by atoms with Crippen molar-refractivity contribution in [1.82, 2.24) is 10.6 Å². The molecule has 0 unspecified atom stereocenters. The molecule has 2 N–H and O–H groups in total. The van der Waals surface area contributed by atoms with Crippen LogP contribution in [0.3, 0.4) is 0 Å². The number of amides is 1. The number of hydrogen-bond donors (Lipinski definition) is 2. The third-order valence-corrected chi connectivity index (χ3v) is 2.43. The summed E-state index contributed by atoms with van der Waals surface area (Å²) < 4.78 is 5.41. The van der Waals surface area contributed by atoms with Gasteiger partial charge in [-0.05, 0) is 27.0 Å². The Bertz CT molecular complexity index is 489. The third-order valence-electron chi connectivity index (χ3n) is 2.43. The van der Waals surface area contributed by atoms with Crippen molar-refractivity contribution in [3.8, 4) is 5.75 Å². The summed E-state index contributed by atoms with van der Waals surface area (Å²) in [5.41, 5.74) is 0.633. The highest BCUT2D eigenvalue weighted by molar-refractivity contribution is 5.77. The summed E-state index contributed by atoms with van der Waals surface area (Å²) in [4.78, 5) is 21.8. The van der Waals surface area contributed by atoms with Gasteiger partial charge in [0.15, 0.2) is 6.61 Å². The molecule has 0 aromatic heterocycles. The number of rotatable bonds is 7. The van der Waals surface area contributed by atoms with Gasteiger partial charge in [0.2, 0.25) is 0 Å². The smallest absolute Gasteiger partial charge is 0.270 e. The van der Waals surface area contributed by atoms with Crippen molar-refractivity contribution in [3.05, 3.63) is 33.9 Å². The molecule has 0 radical (unpaired) electrons. The monoisotopic (exact) mass is 281 g/mol. The molecule has 0 saturated carbocycles. The van der Waals surface area contributed by atoms with Crippen LogP contribution in [0, 0.1) is 10.1 Å². The number of nitro groups is 1. The van der Waals surface area contributed by atoms with E-state index in [0.717, 1.165) is 0 Å². The number of ether oxygens (including phenoxy) is 1. The topological polar surface area (TPSA) is 93.5 Å². The van der Waals surface area contributed by atoms with Crippen molar-refractivity contribution in [3.63, 3.8) is 0 Å². The summed E-state index contributed by atoms with van der Waals surface area (Å²) in [5.74, 6) is 0.234. The molecule has 1 aromatic carbocycles. The number of nitrogens with zero attached hydrogens (tertiary/aromatic N) is 1. The van der Waals surface area contributed by atoms with Crippen LogP contribution in [-0.4, -0.2) is 30.5 Å². The standard InChI is InChI=1S/C13H19N3O4/c1-9(2)15-13(17)8-20-12-5-4-11(16(18)19)6-10(12)7-14-3/h4-6,9,14H,7-8H2,1-3H3,(H,15,17). The van der Waals surface area contributed by atoms with Gasteiger partial charge >= 0.3 is 0 Å². The molecule has 0 saturated heterocycles. The molecule has 0 spiro atoms. The number of nitrogens with one attached hydrogen (secondary N) is 2. The maximum atomic E-state index is 11.5. The highest BCUT2D eigenvalue weighted by Gasteiger charge is 2.12. The normalized spacial score (nSPS) is 10.4. The summed E-state index contributed by atoms with van der Waals surface area (Å²) in [5, 5.41) is 16.3. The van der Waals surface area contributed by atoms with E-state index in [1.165, 1.54) is 18.2 Å². The van der Waals surface area contributed by atoms with E-state index in [-0.39, 0.29) is 24.2 Å². The van der Waals surface area contributed by atoms with Crippen LogP contribution in [0.1, 0.15) is 19.4 Å². The van der Waals surface area contributed by atoms with Crippen molar-refractivity contribution < 1.29 is 14.5 Å². The molecule has 7 heteroatoms. The maximum Gasteiger partial charge on any atom is 0.270 e. The van der Waals surface area contributed by atoms with E-state index >= 15 is 0 Å². The Hall–Kier alpha value is -2.15. The van der Waals surface area contributed by atoms with Gasteiger partial charge in [0.1, 0.15) is 5.75 Å². The third kappa shape index (κ3) is 4.85. The predicted molar refractivity (Wildman–Crippen MR) is 74.6 cm³/mol. The first kappa shape index (κ1) is 15.9. The van der Waals surface area contributed by atoms with E-state index in [9.17, 15) is 14.9 Å². The molecule has 7 nitrogen and oxygen atoms in total. The van der Waals surface area contributed by atoms with Gasteiger partial charge in [0.25, 0.3) is 11.6 Å². The molecular formula is C13H19N3O4. The Labute approximate surface area is 117 Å². The van der Waals surface area contributed by atoms with E-state index in [2.05, 4.69) is 10.6 Å². The average molecular weight is 281 g/mol. The molecule has 1 aromatic rings. The quantitative estimate of drug-likeness (QED) is 0.579. The van der Waals surface area contributed by atoms with Crippen molar-refractivity contribution in [2.24, 2.45) is 0 Å². The highest BCUT2D eigenvalue weighted by Crippen LogP contribution is 2.24. The van der Waals surface area contributed by atoms with Crippen LogP contribution >= 0.6 is 0 Å². The molecule has 0 fully saturated rings. The molecule has 0 atom stereocenters. The van der Waals surface area contributed by atoms with Gasteiger partial charge in [-0.1, -0.05) is 0 Å². The van der Waals surface area contributed by atoms with Crippen LogP contribution in [0.2, 0.25) is 0 Å². The Balaban J connectivity index is 2.78. The summed E-state index contributed by atoms with van der Waals surface area (Å²) >= 11 is 0. The van der Waals surface area contributed by atoms with Crippen molar-refractivity contribution in [1.29, 1.82) is 0 Å². The van der Waals surface area contributed by atoms with Crippen LogP contribution in [0.25, 0.3) is 0 Å². The molecule has 0 heterocycles. The summed E-state index contributed by atoms with van der Waals surface area (Å²) in [6, 6.07) is 4.34. The van der Waals surface area contributed by atoms with Crippen LogP contribution < -0.4 is 15.4 Å². The average Bonchev–Trinajstić information content (AvgIpc) is 2.36. The zero-order valence-corrected chi connectivity index (χ0v) is 11.8. The lowest BCUT2D eigenvalue weighted by molar-refractivity contribution is -0.384. The number of benzene rings is 1. The van der Waals surface area contributed by atoms with Crippen LogP contribution in [-0.2, 0) is 11.3 Å². The van der Waals surface area contributed by atoms with E-state index in [1.54, 1.807) is 7.05 Å². The SMILES string of the molecule is CNCc1cc([N+](=O)[O-])ccc1OCC(=O)NC(C)C. The summed E-state index contributed by atoms with van der Waals surface area (Å²) in [7, 11) is 1.73. The lowest BCUT2D eigenvalue weighted by Gasteiger charge is -2.12. The number of hydrogen-bond acceptors (Lipinski definition) is 5. The van der Waals surface area contributed by atoms with Gasteiger partial charge < -0.3 is 15.4 Å². The molecule has 0 aliphatic carbocycles. The minimum absolute atomic E-state index is 0.00534. The molecule has 1 rings (SSSR count). The molecule has 1 amide bonds. The van der Waals surface area contributed by atoms with Gasteiger partial charge in [-0.2, -0.15) is 0 Å². The Kier molecular flexibility index (Phi) is 5.92. The summed E-state index contributed by atoms with van der Waals surface area (Å²) in [6.07, 6.45) is 0. The van der Waals surface area contributed by atoms with Crippen LogP contribution in [0.5, 0.6) is 5.75 Å². The first-order valence-corrected chi connectivity index (χ1v) is 6.28. The van der Waals surface area contributed by atoms with Crippen molar-refractivity contribution in [2.75, 3.05) is 13.7 Å². The minimum atomic E-state index is -0.464. The molecule has 0 aliphatic rings. The van der Waals surface area contributed by atoms with E-state index in [0.29, 0.717) is 17.9 Å². The molecule has 110 valence electrons. The molecular weight excluding hydrogens is 262 g/mol. The Morgan fingerprint density at radius 2 is 2.15 bits per heavy atom. The van der Waals surface area contributed by atoms with E-state index in [4.69, 9.17) is 4.74 Å². The summed E-state index contributed by atoms with van der Waals surface area (Å²) in [6.45, 7) is 4.02. The largest absolute Gasteiger partial charge is 0.483 e. The maximum absolute atomic E-state index is 11.5. The first-order valence-electron chi connectivity index (χ1n) is 6.28. The Morgan fingerprint density at radius 1 is 1.45 bits per heavy atom. The fourth-order valence-corrected chi connectivity index (χ4v) is 1.66. The predicted octanol–water partition coefficient (Wildman–Crippen LogP) is 1.22. The second kappa shape index (κ2) is 7.44. The number of carbonyl (C=O) groups excluding carboxylic acids is 1. The first-order chi connectivity index (χ1) is 9.43. The number of non-ortho nitro benzene ring substituents is 1. The van der Waals surface area contributed by atoms with Crippen molar-refractivity contribution >= 4 is 11.6 Å². The zero-order chi connectivity index (χ0) is 15.1. The fourth-order valence-electron chi connectivity index (χ4n) is 1.66. The molecule has 0 aliphatic heterocycles. The lowest BCUT2D eigenvalue weighted by Crippen LogP contribution is -2.34. The number of carbonyl (C=O) groups is 1. The second-order valence-corrected chi connectivity index (χ2v) is 4.59. The van der Waals surface area contributed by atoms with Gasteiger partial charge in [0.05, 0.1) is 4.92 Å². The second-order valence-electron chi connectivity index (χ2n) is 4.59. The van der Waals surface area contributed by atoms with Gasteiger partial charge in [-0.3, -0.25) is 14.9 Å². The van der Waals surface area contributed by atoms with Gasteiger partial charge in [0, 0.05) is 30.3 Å². The van der Waals surface area contributed by atoms with Gasteiger partial charge in [-0.25, -0.2) is 0 Å². The van der Waals surface area contributed by atoms with Crippen LogP contribution in [0.4, 0.5) is 5.69 Å². The molecule has 20 heavy (non-hydrogen) atoms. The Morgan fingerprint density at radius 3 is 2.70 bits per heavy atom. The van der Waals surface area contributed by atoms with Gasteiger partial charge in [-0.15, -0.1) is 0 Å². The zero-order valence-electron chi connectivity index (χ0n) is 11.8. The van der Waals surface area contributed by atoms with Crippen molar-refractivity contribution in [2.45, 2.75) is 26.4 Å². The minimum Gasteiger partial charge on any atom is -0.483 e. The number of nitro benzene ring substituents is 1. The fraction of sp³-hybridized carbons (Fsp3) is 0.462. The highest BCUT2D eigenvalue weighted by atomic mass is 16.6.